The molecular weight excluding hydrogens is 336 g/mol. The van der Waals surface area contributed by atoms with Gasteiger partial charge in [0.15, 0.2) is 0 Å². The van der Waals surface area contributed by atoms with E-state index in [9.17, 15) is 19.8 Å². The Kier molecular flexibility index (Phi) is 5.12. The largest absolute Gasteiger partial charge is 0.546 e. The number of nitrogens with zero attached hydrogens (tertiary/aromatic N) is 4. The number of carboxylic acid groups (broad SMARTS) is 2. The van der Waals surface area contributed by atoms with Gasteiger partial charge in [0, 0.05) is 0 Å². The molecule has 0 fully saturated rings. The van der Waals surface area contributed by atoms with Gasteiger partial charge in [-0.15, -0.1) is 0 Å². The summed E-state index contributed by atoms with van der Waals surface area (Å²) in [6.45, 7) is 0.937. The molecule has 3 aromatic rings. The molecule has 0 spiro atoms. The lowest BCUT2D eigenvalue weighted by Gasteiger charge is -2.02. The summed E-state index contributed by atoms with van der Waals surface area (Å²) >= 11 is 0. The predicted molar refractivity (Wildman–Crippen MR) is 83.9 cm³/mol. The number of benzene rings is 1. The van der Waals surface area contributed by atoms with Crippen molar-refractivity contribution >= 4 is 11.9 Å². The van der Waals surface area contributed by atoms with Crippen LogP contribution in [0, 0.1) is 0 Å². The number of hydrogen-bond acceptors (Lipinski definition) is 4. The normalized spacial score (nSPS) is 10.8. The molecular formula is C18H18N4O4. The average Bonchev–Trinajstić information content (AvgIpc) is 3.18. The minimum absolute atomic E-state index is 0.166. The van der Waals surface area contributed by atoms with E-state index < -0.39 is 11.9 Å². The van der Waals surface area contributed by atoms with Gasteiger partial charge < -0.3 is 19.8 Å². The number of carboxylic acids is 2. The van der Waals surface area contributed by atoms with Gasteiger partial charge in [-0.1, -0.05) is 24.3 Å². The number of imidazole rings is 2. The summed E-state index contributed by atoms with van der Waals surface area (Å²) in [4.78, 5) is 21.2. The molecule has 0 aliphatic rings. The lowest BCUT2D eigenvalue weighted by atomic mass is 10.1. The topological polar surface area (TPSA) is 97.9 Å². The smallest absolute Gasteiger partial charge is 0.244 e. The summed E-state index contributed by atoms with van der Waals surface area (Å²) in [7, 11) is 0. The third-order valence-electron chi connectivity index (χ3n) is 3.87. The van der Waals surface area contributed by atoms with Gasteiger partial charge in [0.1, 0.15) is 51.0 Å². The molecule has 0 N–H and O–H groups in total. The molecule has 8 nitrogen and oxygen atoms in total. The van der Waals surface area contributed by atoms with Crippen LogP contribution in [0.3, 0.4) is 0 Å². The van der Waals surface area contributed by atoms with Crippen molar-refractivity contribution in [3.05, 3.63) is 72.8 Å². The number of carbonyl (C=O) groups is 2. The summed E-state index contributed by atoms with van der Waals surface area (Å²) in [6, 6.07) is 8.04. The molecule has 0 bridgehead atoms. The number of carbonyl (C=O) groups excluding carboxylic acids is 2. The molecule has 0 saturated heterocycles. The van der Waals surface area contributed by atoms with E-state index in [-0.39, 0.29) is 13.1 Å². The fourth-order valence-corrected chi connectivity index (χ4v) is 2.72. The highest BCUT2D eigenvalue weighted by molar-refractivity contribution is 5.64. The van der Waals surface area contributed by atoms with Crippen molar-refractivity contribution in [2.45, 2.75) is 26.2 Å². The Morgan fingerprint density at radius 2 is 1.15 bits per heavy atom. The Balaban J connectivity index is 1.59. The van der Waals surface area contributed by atoms with Crippen molar-refractivity contribution < 1.29 is 28.9 Å². The fraction of sp³-hybridized carbons (Fsp3) is 0.222. The highest BCUT2D eigenvalue weighted by atomic mass is 16.4. The first-order chi connectivity index (χ1) is 12.5. The summed E-state index contributed by atoms with van der Waals surface area (Å²) in [5.74, 6) is -2.24. The third kappa shape index (κ3) is 4.79. The van der Waals surface area contributed by atoms with Gasteiger partial charge in [0.25, 0.3) is 0 Å². The minimum atomic E-state index is -1.12. The zero-order valence-corrected chi connectivity index (χ0v) is 14.0. The van der Waals surface area contributed by atoms with Crippen LogP contribution in [0.1, 0.15) is 11.1 Å². The molecule has 0 radical (unpaired) electrons. The Hall–Kier alpha value is -3.42. The third-order valence-corrected chi connectivity index (χ3v) is 3.87. The van der Waals surface area contributed by atoms with E-state index in [1.54, 1.807) is 34.2 Å². The van der Waals surface area contributed by atoms with Crippen LogP contribution in [0.5, 0.6) is 0 Å². The second-order valence-electron chi connectivity index (χ2n) is 6.08. The van der Waals surface area contributed by atoms with Gasteiger partial charge in [-0.2, -0.15) is 0 Å². The van der Waals surface area contributed by atoms with E-state index in [0.717, 1.165) is 11.1 Å². The van der Waals surface area contributed by atoms with E-state index >= 15 is 0 Å². The minimum Gasteiger partial charge on any atom is -0.546 e. The average molecular weight is 354 g/mol. The first kappa shape index (κ1) is 17.4. The molecule has 3 rings (SSSR count). The zero-order valence-electron chi connectivity index (χ0n) is 14.0. The maximum Gasteiger partial charge on any atom is 0.244 e. The highest BCUT2D eigenvalue weighted by Crippen LogP contribution is 2.04. The molecule has 8 heteroatoms. The number of aliphatic carboxylic acids is 2. The van der Waals surface area contributed by atoms with Gasteiger partial charge >= 0.3 is 0 Å². The molecule has 0 saturated carbocycles. The summed E-state index contributed by atoms with van der Waals surface area (Å²) in [5.41, 5.74) is 2.17. The van der Waals surface area contributed by atoms with Crippen LogP contribution < -0.4 is 19.3 Å². The molecule has 0 amide bonds. The van der Waals surface area contributed by atoms with Crippen LogP contribution in [0.2, 0.25) is 0 Å². The van der Waals surface area contributed by atoms with Crippen molar-refractivity contribution in [1.29, 1.82) is 0 Å². The van der Waals surface area contributed by atoms with E-state index in [2.05, 4.69) is 0 Å². The molecule has 0 aliphatic carbocycles. The van der Waals surface area contributed by atoms with Crippen LogP contribution in [0.25, 0.3) is 0 Å². The fourth-order valence-electron chi connectivity index (χ4n) is 2.72. The monoisotopic (exact) mass is 354 g/mol. The van der Waals surface area contributed by atoms with E-state index in [0.29, 0.717) is 13.1 Å². The summed E-state index contributed by atoms with van der Waals surface area (Å²) in [6.07, 6.45) is 10.5. The Bertz CT molecular complexity index is 836. The maximum atomic E-state index is 10.6. The van der Waals surface area contributed by atoms with Crippen LogP contribution in [0.4, 0.5) is 0 Å². The predicted octanol–water partition coefficient (Wildman–Crippen LogP) is -2.54. The molecule has 0 atom stereocenters. The number of aromatic nitrogens is 4. The number of hydrogen-bond donors (Lipinski definition) is 0. The van der Waals surface area contributed by atoms with Gasteiger partial charge in [-0.05, 0) is 11.1 Å². The van der Waals surface area contributed by atoms with Gasteiger partial charge in [-0.3, -0.25) is 0 Å². The van der Waals surface area contributed by atoms with Crippen molar-refractivity contribution in [3.8, 4) is 0 Å². The standard InChI is InChI=1S/C18H18N4O4/c23-17(24)11-21-7-5-19(13-21)9-15-1-2-16(4-3-15)10-20-6-8-22(14-20)12-18(25)26/h1-8,13-14H,9-12H2. The Morgan fingerprint density at radius 1 is 0.769 bits per heavy atom. The van der Waals surface area contributed by atoms with E-state index in [4.69, 9.17) is 0 Å². The van der Waals surface area contributed by atoms with Crippen molar-refractivity contribution in [2.24, 2.45) is 0 Å². The highest BCUT2D eigenvalue weighted by Gasteiger charge is 2.07. The van der Waals surface area contributed by atoms with Crippen molar-refractivity contribution in [2.75, 3.05) is 0 Å². The molecule has 2 aromatic heterocycles. The zero-order chi connectivity index (χ0) is 18.5. The maximum absolute atomic E-state index is 10.6. The quantitative estimate of drug-likeness (QED) is 0.416. The van der Waals surface area contributed by atoms with Gasteiger partial charge in [0.05, 0.1) is 11.9 Å². The first-order valence-electron chi connectivity index (χ1n) is 8.05. The van der Waals surface area contributed by atoms with Gasteiger partial charge in [0.2, 0.25) is 12.7 Å². The van der Waals surface area contributed by atoms with E-state index in [1.165, 1.54) is 0 Å². The Morgan fingerprint density at radius 3 is 1.50 bits per heavy atom. The number of rotatable bonds is 8. The van der Waals surface area contributed by atoms with Crippen LogP contribution in [-0.2, 0) is 35.8 Å². The second kappa shape index (κ2) is 7.64. The molecule has 1 aromatic carbocycles. The first-order valence-corrected chi connectivity index (χ1v) is 8.05. The lowest BCUT2D eigenvalue weighted by molar-refractivity contribution is -0.688. The molecule has 134 valence electrons. The van der Waals surface area contributed by atoms with Crippen LogP contribution >= 0.6 is 0 Å². The molecule has 26 heavy (non-hydrogen) atoms. The van der Waals surface area contributed by atoms with E-state index in [1.807, 2.05) is 45.8 Å². The van der Waals surface area contributed by atoms with Crippen LogP contribution in [-0.4, -0.2) is 21.1 Å². The summed E-state index contributed by atoms with van der Waals surface area (Å²) < 4.78 is 6.90. The Labute approximate surface area is 149 Å². The van der Waals surface area contributed by atoms with Gasteiger partial charge in [-0.25, -0.2) is 18.3 Å². The lowest BCUT2D eigenvalue weighted by Crippen LogP contribution is -2.33. The van der Waals surface area contributed by atoms with Crippen molar-refractivity contribution in [3.63, 3.8) is 0 Å². The SMILES string of the molecule is O=C([O-])Cn1cc[n+](Cc2ccc(C[n+]3ccn(CC(=O)[O-])c3)cc2)c1. The van der Waals surface area contributed by atoms with Crippen LogP contribution in [0.15, 0.2) is 61.7 Å². The molecule has 2 heterocycles. The molecule has 0 unspecified atom stereocenters. The van der Waals surface area contributed by atoms with Crippen molar-refractivity contribution in [1.82, 2.24) is 9.13 Å². The summed E-state index contributed by atoms with van der Waals surface area (Å²) in [5, 5.41) is 21.2. The second-order valence-corrected chi connectivity index (χ2v) is 6.08. The molecule has 0 aliphatic heterocycles.